The van der Waals surface area contributed by atoms with E-state index in [1.807, 2.05) is 0 Å². The zero-order valence-corrected chi connectivity index (χ0v) is 28.8. The molecule has 0 spiro atoms. The van der Waals surface area contributed by atoms with Gasteiger partial charge in [0.2, 0.25) is 0 Å². The number of carbonyl (C=O) groups excluding carboxylic acids is 2. The van der Waals surface area contributed by atoms with Crippen molar-refractivity contribution in [1.29, 1.82) is 0 Å². The van der Waals surface area contributed by atoms with Crippen molar-refractivity contribution < 1.29 is 39.3 Å². The second-order valence-electron chi connectivity index (χ2n) is 15.8. The Morgan fingerprint density at radius 3 is 2.33 bits per heavy atom. The van der Waals surface area contributed by atoms with Gasteiger partial charge in [0.15, 0.2) is 0 Å². The maximum absolute atomic E-state index is 12.5. The standard InChI is InChI=1S/C36H64N2O7/c1-21(2)31-9-6-24-12-25(20-39)14-29(15-28(31)13-24)34(45-23(4)41)18-30(44-22(3)40)8-7-26-16-35(43-5)33(42)19-32(26)27-10-11-38-36(37)17-27/h21,24-36,38-39,42H,6-20,37H2,1-5H3/p+1. The van der Waals surface area contributed by atoms with Gasteiger partial charge in [0, 0.05) is 40.4 Å². The molecule has 1 aliphatic heterocycles. The summed E-state index contributed by atoms with van der Waals surface area (Å²) < 4.78 is 17.8. The lowest BCUT2D eigenvalue weighted by Crippen LogP contribution is -2.94. The molecule has 0 amide bonds. The number of quaternary nitrogens is 1. The van der Waals surface area contributed by atoms with E-state index in [0.717, 1.165) is 51.5 Å². The van der Waals surface area contributed by atoms with Crippen molar-refractivity contribution in [3.63, 3.8) is 0 Å². The van der Waals surface area contributed by atoms with Crippen LogP contribution < -0.4 is 11.1 Å². The summed E-state index contributed by atoms with van der Waals surface area (Å²) in [6.45, 7) is 8.77. The molecule has 13 atom stereocenters. The van der Waals surface area contributed by atoms with E-state index in [2.05, 4.69) is 19.2 Å². The lowest BCUT2D eigenvalue weighted by molar-refractivity contribution is -0.699. The summed E-state index contributed by atoms with van der Waals surface area (Å²) in [6.07, 6.45) is 10.7. The number of esters is 2. The Hall–Kier alpha value is -1.26. The van der Waals surface area contributed by atoms with E-state index in [4.69, 9.17) is 19.9 Å². The molecule has 1 saturated heterocycles. The Kier molecular flexibility index (Phi) is 14.0. The van der Waals surface area contributed by atoms with Gasteiger partial charge in [0.25, 0.3) is 0 Å². The minimum Gasteiger partial charge on any atom is -0.462 e. The molecule has 4 aliphatic rings. The predicted molar refractivity (Wildman–Crippen MR) is 173 cm³/mol. The molecule has 0 aromatic heterocycles. The van der Waals surface area contributed by atoms with Crippen molar-refractivity contribution in [2.75, 3.05) is 20.3 Å². The fraction of sp³-hybridized carbons (Fsp3) is 0.944. The summed E-state index contributed by atoms with van der Waals surface area (Å²) in [6, 6.07) is 0. The highest BCUT2D eigenvalue weighted by Gasteiger charge is 2.43. The van der Waals surface area contributed by atoms with Crippen LogP contribution in [0.15, 0.2) is 0 Å². The van der Waals surface area contributed by atoms with E-state index in [-0.39, 0.29) is 54.9 Å². The summed E-state index contributed by atoms with van der Waals surface area (Å²) >= 11 is 0. The first-order chi connectivity index (χ1) is 21.5. The molecule has 13 unspecified atom stereocenters. The van der Waals surface area contributed by atoms with Crippen molar-refractivity contribution in [2.45, 2.75) is 142 Å². The van der Waals surface area contributed by atoms with Crippen LogP contribution in [0.1, 0.15) is 111 Å². The molecule has 260 valence electrons. The van der Waals surface area contributed by atoms with E-state index in [1.165, 1.54) is 33.1 Å². The number of nitrogens with two attached hydrogens (primary N) is 2. The minimum absolute atomic E-state index is 0.0984. The van der Waals surface area contributed by atoms with E-state index < -0.39 is 6.10 Å². The van der Waals surface area contributed by atoms with Crippen molar-refractivity contribution in [1.82, 2.24) is 0 Å². The Balaban J connectivity index is 1.52. The summed E-state index contributed by atoms with van der Waals surface area (Å²) in [5, 5.41) is 23.5. The number of piperidine rings is 1. The number of fused-ring (bicyclic) bond motifs is 2. The molecule has 45 heavy (non-hydrogen) atoms. The third kappa shape index (κ3) is 10.4. The Morgan fingerprint density at radius 1 is 0.933 bits per heavy atom. The Bertz CT molecular complexity index is 933. The summed E-state index contributed by atoms with van der Waals surface area (Å²) in [5.41, 5.74) is 6.35. The van der Waals surface area contributed by atoms with Gasteiger partial charge in [-0.25, -0.2) is 0 Å². The highest BCUT2D eigenvalue weighted by Crippen LogP contribution is 2.48. The van der Waals surface area contributed by atoms with Gasteiger partial charge in [-0.15, -0.1) is 0 Å². The Morgan fingerprint density at radius 2 is 1.69 bits per heavy atom. The first-order valence-corrected chi connectivity index (χ1v) is 18.2. The third-order valence-corrected chi connectivity index (χ3v) is 12.3. The number of hydrogen-bond donors (Lipinski definition) is 4. The fourth-order valence-corrected chi connectivity index (χ4v) is 10.2. The largest absolute Gasteiger partial charge is 0.462 e. The SMILES string of the molecule is COC1CC(CCC(CC(OC(C)=O)C2CC(CO)CC3CCC(C(C)C)C(C3)C2)OC(C)=O)C(C2CC[NH2+]C(N)C2)CC1O. The second kappa shape index (κ2) is 17.2. The molecule has 9 heteroatoms. The summed E-state index contributed by atoms with van der Waals surface area (Å²) in [7, 11) is 1.68. The molecule has 1 heterocycles. The van der Waals surface area contributed by atoms with Gasteiger partial charge in [-0.3, -0.25) is 15.3 Å². The Labute approximate surface area is 272 Å². The number of aliphatic hydroxyl groups excluding tert-OH is 2. The normalized spacial score (nSPS) is 38.9. The van der Waals surface area contributed by atoms with Gasteiger partial charge >= 0.3 is 11.9 Å². The number of ether oxygens (including phenoxy) is 3. The van der Waals surface area contributed by atoms with E-state index in [9.17, 15) is 19.8 Å². The topological polar surface area (TPSA) is 145 Å². The molecule has 3 saturated carbocycles. The molecular formula is C36H65N2O7+. The second-order valence-corrected chi connectivity index (χ2v) is 15.8. The van der Waals surface area contributed by atoms with E-state index in [0.29, 0.717) is 60.7 Å². The van der Waals surface area contributed by atoms with Crippen LogP contribution in [0.3, 0.4) is 0 Å². The molecule has 6 N–H and O–H groups in total. The van der Waals surface area contributed by atoms with Gasteiger partial charge in [-0.05, 0) is 117 Å². The zero-order valence-electron chi connectivity index (χ0n) is 28.8. The molecule has 0 aromatic carbocycles. The van der Waals surface area contributed by atoms with E-state index >= 15 is 0 Å². The quantitative estimate of drug-likeness (QED) is 0.237. The highest BCUT2D eigenvalue weighted by atomic mass is 16.6. The number of carbonyl (C=O) groups is 2. The monoisotopic (exact) mass is 637 g/mol. The van der Waals surface area contributed by atoms with Crippen LogP contribution in [0.4, 0.5) is 0 Å². The predicted octanol–water partition coefficient (Wildman–Crippen LogP) is 3.78. The third-order valence-electron chi connectivity index (χ3n) is 12.3. The van der Waals surface area contributed by atoms with Gasteiger partial charge < -0.3 is 29.7 Å². The van der Waals surface area contributed by atoms with Gasteiger partial charge in [0.05, 0.1) is 18.8 Å². The van der Waals surface area contributed by atoms with E-state index in [1.54, 1.807) is 7.11 Å². The first-order valence-electron chi connectivity index (χ1n) is 18.2. The van der Waals surface area contributed by atoms with Gasteiger partial charge in [0.1, 0.15) is 18.4 Å². The number of aliphatic hydroxyl groups is 2. The van der Waals surface area contributed by atoms with Gasteiger partial charge in [-0.2, -0.15) is 0 Å². The highest BCUT2D eigenvalue weighted by molar-refractivity contribution is 5.66. The zero-order chi connectivity index (χ0) is 32.7. The summed E-state index contributed by atoms with van der Waals surface area (Å²) in [4.78, 5) is 24.9. The van der Waals surface area contributed by atoms with Crippen LogP contribution in [-0.2, 0) is 23.8 Å². The van der Waals surface area contributed by atoms with Crippen LogP contribution in [-0.4, -0.2) is 73.0 Å². The van der Waals surface area contributed by atoms with Crippen molar-refractivity contribution in [2.24, 2.45) is 59.0 Å². The maximum Gasteiger partial charge on any atom is 0.302 e. The van der Waals surface area contributed by atoms with Crippen LogP contribution in [0.5, 0.6) is 0 Å². The molecule has 4 rings (SSSR count). The van der Waals surface area contributed by atoms with Crippen molar-refractivity contribution in [3.05, 3.63) is 0 Å². The van der Waals surface area contributed by atoms with Crippen molar-refractivity contribution >= 4 is 11.9 Å². The molecule has 9 nitrogen and oxygen atoms in total. The molecule has 0 aromatic rings. The molecule has 0 radical (unpaired) electrons. The maximum atomic E-state index is 12.5. The molecule has 2 bridgehead atoms. The lowest BCUT2D eigenvalue weighted by Gasteiger charge is -2.45. The molecule has 4 fully saturated rings. The average molecular weight is 638 g/mol. The van der Waals surface area contributed by atoms with Gasteiger partial charge in [-0.1, -0.05) is 20.3 Å². The van der Waals surface area contributed by atoms with Crippen LogP contribution in [0, 0.1) is 53.3 Å². The van der Waals surface area contributed by atoms with Crippen LogP contribution >= 0.6 is 0 Å². The first kappa shape index (κ1) is 36.6. The van der Waals surface area contributed by atoms with Crippen LogP contribution in [0.25, 0.3) is 0 Å². The molecule has 3 aliphatic carbocycles. The average Bonchev–Trinajstić information content (AvgIpc) is 2.97. The number of methoxy groups -OCH3 is 1. The van der Waals surface area contributed by atoms with Crippen LogP contribution in [0.2, 0.25) is 0 Å². The lowest BCUT2D eigenvalue weighted by atomic mass is 9.62. The smallest absolute Gasteiger partial charge is 0.302 e. The minimum atomic E-state index is -0.483. The summed E-state index contributed by atoms with van der Waals surface area (Å²) in [5.74, 6) is 3.34. The number of hydrogen-bond acceptors (Lipinski definition) is 8. The fourth-order valence-electron chi connectivity index (χ4n) is 10.2. The van der Waals surface area contributed by atoms with Crippen molar-refractivity contribution in [3.8, 4) is 0 Å². The number of rotatable bonds is 12. The molecular weight excluding hydrogens is 572 g/mol.